The number of carbonyl (C=O) groups excluding carboxylic acids is 4. The van der Waals surface area contributed by atoms with Crippen molar-refractivity contribution in [1.29, 1.82) is 0 Å². The first-order valence-electron chi connectivity index (χ1n) is 9.83. The molecule has 0 rings (SSSR count). The molecule has 4 unspecified atom stereocenters. The molecule has 0 aliphatic heterocycles. The lowest BCUT2D eigenvalue weighted by Crippen LogP contribution is -2.57. The summed E-state index contributed by atoms with van der Waals surface area (Å²) in [7, 11) is 0. The Labute approximate surface area is 201 Å². The fourth-order valence-corrected chi connectivity index (χ4v) is 3.66. The molecule has 184 valence electrons. The van der Waals surface area contributed by atoms with Gasteiger partial charge in [0, 0.05) is 12.2 Å². The molecule has 0 bridgehead atoms. The van der Waals surface area contributed by atoms with Crippen LogP contribution in [0.3, 0.4) is 0 Å². The fourth-order valence-electron chi connectivity index (χ4n) is 2.44. The van der Waals surface area contributed by atoms with Crippen LogP contribution in [-0.4, -0.2) is 88.6 Å². The number of hydrogen-bond donors (Lipinski definition) is 7. The Morgan fingerprint density at radius 3 is 1.84 bits per heavy atom. The Morgan fingerprint density at radius 1 is 0.844 bits per heavy atom. The van der Waals surface area contributed by atoms with Crippen LogP contribution in [0.2, 0.25) is 0 Å². The Balaban J connectivity index is 5.24. The molecule has 0 fully saturated rings. The van der Waals surface area contributed by atoms with E-state index in [9.17, 15) is 29.1 Å². The number of carboxylic acids is 1. The zero-order valence-corrected chi connectivity index (χ0v) is 20.7. The molecule has 32 heavy (non-hydrogen) atoms. The number of rotatable bonds is 17. The average molecular weight is 512 g/mol. The number of amides is 4. The molecule has 14 heteroatoms. The standard InChI is InChI=1S/C18H33N5O6S3/c1-31-7-5-10(19)15(25)23-13(9-30)17(27)21-11(3-4-14(20)24)16(26)22-12(18(28)29)6-8-32-2/h10-13,30H,3-9,19H2,1-2H3,(H2,20,24)(H,21,27)(H,22,26)(H,23,25)(H,28,29). The molecule has 0 saturated carbocycles. The number of hydrogen-bond acceptors (Lipinski definition) is 9. The first-order chi connectivity index (χ1) is 15.1. The van der Waals surface area contributed by atoms with Crippen LogP contribution in [0.25, 0.3) is 0 Å². The Bertz CT molecular complexity index is 655. The van der Waals surface area contributed by atoms with Crippen molar-refractivity contribution in [3.63, 3.8) is 0 Å². The minimum atomic E-state index is -1.23. The second-order valence-corrected chi connectivity index (χ2v) is 9.22. The summed E-state index contributed by atoms with van der Waals surface area (Å²) in [4.78, 5) is 60.1. The van der Waals surface area contributed by atoms with E-state index < -0.39 is 53.8 Å². The van der Waals surface area contributed by atoms with Crippen LogP contribution in [0.1, 0.15) is 25.7 Å². The SMILES string of the molecule is CSCCC(N)C(=O)NC(CS)C(=O)NC(CCC(N)=O)C(=O)NC(CCSC)C(=O)O. The molecule has 0 spiro atoms. The zero-order valence-electron chi connectivity index (χ0n) is 18.2. The number of thiol groups is 1. The number of nitrogens with two attached hydrogens (primary N) is 2. The minimum absolute atomic E-state index is 0.0670. The number of aliphatic carboxylic acids is 1. The monoisotopic (exact) mass is 511 g/mol. The zero-order chi connectivity index (χ0) is 24.7. The van der Waals surface area contributed by atoms with Gasteiger partial charge in [-0.2, -0.15) is 36.2 Å². The molecule has 0 heterocycles. The number of thioether (sulfide) groups is 2. The average Bonchev–Trinajstić information content (AvgIpc) is 2.74. The second-order valence-electron chi connectivity index (χ2n) is 6.88. The van der Waals surface area contributed by atoms with E-state index in [1.54, 1.807) is 6.26 Å². The molecule has 4 amide bonds. The maximum absolute atomic E-state index is 12.7. The van der Waals surface area contributed by atoms with Gasteiger partial charge in [-0.25, -0.2) is 4.79 Å². The van der Waals surface area contributed by atoms with Crippen LogP contribution in [0.5, 0.6) is 0 Å². The number of primary amides is 1. The third-order valence-electron chi connectivity index (χ3n) is 4.32. The van der Waals surface area contributed by atoms with Crippen molar-refractivity contribution in [2.75, 3.05) is 29.8 Å². The van der Waals surface area contributed by atoms with E-state index in [0.717, 1.165) is 0 Å². The second kappa shape index (κ2) is 16.9. The molecule has 0 aliphatic carbocycles. The van der Waals surface area contributed by atoms with Gasteiger partial charge in [0.05, 0.1) is 6.04 Å². The highest BCUT2D eigenvalue weighted by atomic mass is 32.2. The van der Waals surface area contributed by atoms with E-state index >= 15 is 0 Å². The van der Waals surface area contributed by atoms with Gasteiger partial charge in [-0.3, -0.25) is 19.2 Å². The first-order valence-corrected chi connectivity index (χ1v) is 13.3. The predicted molar refractivity (Wildman–Crippen MR) is 130 cm³/mol. The first kappa shape index (κ1) is 30.4. The Kier molecular flexibility index (Phi) is 16.1. The summed E-state index contributed by atoms with van der Waals surface area (Å²) in [5.41, 5.74) is 11.0. The maximum Gasteiger partial charge on any atom is 0.326 e. The lowest BCUT2D eigenvalue weighted by molar-refractivity contribution is -0.142. The van der Waals surface area contributed by atoms with Crippen LogP contribution < -0.4 is 27.4 Å². The van der Waals surface area contributed by atoms with E-state index in [1.807, 2.05) is 6.26 Å². The smallest absolute Gasteiger partial charge is 0.326 e. The number of carboxylic acid groups (broad SMARTS) is 1. The maximum atomic E-state index is 12.7. The highest BCUT2D eigenvalue weighted by Gasteiger charge is 2.29. The normalized spacial score (nSPS) is 14.5. The predicted octanol–water partition coefficient (Wildman–Crippen LogP) is -1.45. The van der Waals surface area contributed by atoms with E-state index in [4.69, 9.17) is 11.5 Å². The van der Waals surface area contributed by atoms with Gasteiger partial charge < -0.3 is 32.5 Å². The molecule has 0 aromatic carbocycles. The Hall–Kier alpha value is -1.64. The van der Waals surface area contributed by atoms with Crippen molar-refractivity contribution in [3.8, 4) is 0 Å². The molecule has 0 aliphatic rings. The van der Waals surface area contributed by atoms with Crippen molar-refractivity contribution in [1.82, 2.24) is 16.0 Å². The highest BCUT2D eigenvalue weighted by molar-refractivity contribution is 7.98. The van der Waals surface area contributed by atoms with Crippen LogP contribution in [0.4, 0.5) is 0 Å². The van der Waals surface area contributed by atoms with Gasteiger partial charge in [-0.05, 0) is 43.3 Å². The number of carbonyl (C=O) groups is 5. The highest BCUT2D eigenvalue weighted by Crippen LogP contribution is 2.05. The fraction of sp³-hybridized carbons (Fsp3) is 0.722. The number of nitrogens with one attached hydrogen (secondary N) is 3. The summed E-state index contributed by atoms with van der Waals surface area (Å²) in [5, 5.41) is 16.6. The van der Waals surface area contributed by atoms with Crippen molar-refractivity contribution in [2.24, 2.45) is 11.5 Å². The van der Waals surface area contributed by atoms with Crippen LogP contribution in [0, 0.1) is 0 Å². The van der Waals surface area contributed by atoms with Gasteiger partial charge in [0.1, 0.15) is 18.1 Å². The summed E-state index contributed by atoms with van der Waals surface area (Å²) >= 11 is 7.02. The van der Waals surface area contributed by atoms with Gasteiger partial charge in [-0.1, -0.05) is 0 Å². The van der Waals surface area contributed by atoms with E-state index in [2.05, 4.69) is 28.6 Å². The van der Waals surface area contributed by atoms with Crippen molar-refractivity contribution < 1.29 is 29.1 Å². The third-order valence-corrected chi connectivity index (χ3v) is 5.98. The summed E-state index contributed by atoms with van der Waals surface area (Å²) in [6.45, 7) is 0. The van der Waals surface area contributed by atoms with Crippen LogP contribution in [0.15, 0.2) is 0 Å². The van der Waals surface area contributed by atoms with E-state index in [0.29, 0.717) is 17.9 Å². The van der Waals surface area contributed by atoms with Crippen molar-refractivity contribution >= 4 is 65.8 Å². The van der Waals surface area contributed by atoms with Crippen molar-refractivity contribution in [3.05, 3.63) is 0 Å². The lowest BCUT2D eigenvalue weighted by atomic mass is 10.1. The Morgan fingerprint density at radius 2 is 1.34 bits per heavy atom. The molecule has 4 atom stereocenters. The molecule has 0 radical (unpaired) electrons. The van der Waals surface area contributed by atoms with Gasteiger partial charge >= 0.3 is 5.97 Å². The molecule has 0 saturated heterocycles. The van der Waals surface area contributed by atoms with E-state index in [1.165, 1.54) is 23.5 Å². The van der Waals surface area contributed by atoms with Crippen LogP contribution >= 0.6 is 36.2 Å². The lowest BCUT2D eigenvalue weighted by Gasteiger charge is -2.24. The topological polar surface area (TPSA) is 194 Å². The summed E-state index contributed by atoms with van der Waals surface area (Å²) in [5.74, 6) is -2.82. The van der Waals surface area contributed by atoms with Gasteiger partial charge in [0.2, 0.25) is 23.6 Å². The quantitative estimate of drug-likeness (QED) is 0.114. The molecular weight excluding hydrogens is 478 g/mol. The minimum Gasteiger partial charge on any atom is -0.480 e. The molecule has 0 aromatic rings. The van der Waals surface area contributed by atoms with Crippen molar-refractivity contribution in [2.45, 2.75) is 49.9 Å². The van der Waals surface area contributed by atoms with E-state index in [-0.39, 0.29) is 25.0 Å². The largest absolute Gasteiger partial charge is 0.480 e. The summed E-state index contributed by atoms with van der Waals surface area (Å²) < 4.78 is 0. The third kappa shape index (κ3) is 12.4. The molecule has 8 N–H and O–H groups in total. The summed E-state index contributed by atoms with van der Waals surface area (Å²) in [6, 6.07) is -4.27. The molecule has 11 nitrogen and oxygen atoms in total. The molecular formula is C18H33N5O6S3. The van der Waals surface area contributed by atoms with Crippen LogP contribution in [-0.2, 0) is 24.0 Å². The van der Waals surface area contributed by atoms with Gasteiger partial charge in [-0.15, -0.1) is 0 Å². The van der Waals surface area contributed by atoms with Gasteiger partial charge in [0.15, 0.2) is 0 Å². The summed E-state index contributed by atoms with van der Waals surface area (Å²) in [6.07, 6.45) is 3.93. The van der Waals surface area contributed by atoms with Gasteiger partial charge in [0.25, 0.3) is 0 Å². The molecule has 0 aromatic heterocycles.